The van der Waals surface area contributed by atoms with Crippen molar-refractivity contribution in [2.75, 3.05) is 19.0 Å². The number of nitrogens with zero attached hydrogens (tertiary/aromatic N) is 2. The van der Waals surface area contributed by atoms with Crippen molar-refractivity contribution < 1.29 is 13.2 Å². The smallest absolute Gasteiger partial charge is 0.238 e. The molecule has 0 bridgehead atoms. The fourth-order valence-electron chi connectivity index (χ4n) is 2.48. The summed E-state index contributed by atoms with van der Waals surface area (Å²) in [6, 6.07) is 12.2. The fourth-order valence-corrected chi connectivity index (χ4v) is 2.99. The molecule has 130 valence electrons. The zero-order valence-electron chi connectivity index (χ0n) is 13.6. The van der Waals surface area contributed by atoms with Gasteiger partial charge in [0.05, 0.1) is 17.5 Å². The van der Waals surface area contributed by atoms with E-state index in [9.17, 15) is 8.42 Å². The first-order chi connectivity index (χ1) is 12.0. The molecule has 1 heterocycles. The molecular formula is C17H18N4O3S. The van der Waals surface area contributed by atoms with Crippen LogP contribution in [0, 0.1) is 0 Å². The Bertz CT molecular complexity index is 988. The Hall–Kier alpha value is -2.71. The topological polar surface area (TPSA) is 107 Å². The number of sulfonamides is 1. The fraction of sp³-hybridized carbons (Fsp3) is 0.176. The van der Waals surface area contributed by atoms with Gasteiger partial charge in [-0.05, 0) is 36.2 Å². The third-order valence-electron chi connectivity index (χ3n) is 3.80. The Kier molecular flexibility index (Phi) is 4.82. The second-order valence-corrected chi connectivity index (χ2v) is 7.03. The van der Waals surface area contributed by atoms with E-state index < -0.39 is 10.0 Å². The van der Waals surface area contributed by atoms with Gasteiger partial charge in [0.2, 0.25) is 10.0 Å². The predicted molar refractivity (Wildman–Crippen MR) is 96.1 cm³/mol. The number of ether oxygens (including phenoxy) is 1. The molecule has 1 aromatic heterocycles. The molecule has 0 aliphatic heterocycles. The standard InChI is InChI=1S/C17H18N4O3S/c1-24-13-4-7-15-16(10-13)20-11-21-17(15)19-9-8-12-2-5-14(6-3-12)25(18,22)23/h2-7,10-11H,8-9H2,1H3,(H2,18,22,23)(H,19,20,21). The number of rotatable bonds is 6. The van der Waals surface area contributed by atoms with Crippen LogP contribution in [0.2, 0.25) is 0 Å². The van der Waals surface area contributed by atoms with E-state index >= 15 is 0 Å². The summed E-state index contributed by atoms with van der Waals surface area (Å²) in [5, 5.41) is 9.29. The summed E-state index contributed by atoms with van der Waals surface area (Å²) >= 11 is 0. The lowest BCUT2D eigenvalue weighted by Gasteiger charge is -2.09. The summed E-state index contributed by atoms with van der Waals surface area (Å²) in [6.45, 7) is 0.646. The van der Waals surface area contributed by atoms with Gasteiger partial charge in [-0.3, -0.25) is 0 Å². The van der Waals surface area contributed by atoms with E-state index in [0.29, 0.717) is 13.0 Å². The van der Waals surface area contributed by atoms with Gasteiger partial charge >= 0.3 is 0 Å². The molecule has 3 N–H and O–H groups in total. The van der Waals surface area contributed by atoms with Crippen LogP contribution >= 0.6 is 0 Å². The number of aromatic nitrogens is 2. The number of nitrogens with two attached hydrogens (primary N) is 1. The molecule has 0 aliphatic carbocycles. The number of primary sulfonamides is 1. The molecule has 25 heavy (non-hydrogen) atoms. The normalized spacial score (nSPS) is 11.4. The van der Waals surface area contributed by atoms with Gasteiger partial charge in [-0.2, -0.15) is 0 Å². The minimum Gasteiger partial charge on any atom is -0.497 e. The quantitative estimate of drug-likeness (QED) is 0.697. The van der Waals surface area contributed by atoms with Gasteiger partial charge in [0.25, 0.3) is 0 Å². The molecule has 0 aliphatic rings. The van der Waals surface area contributed by atoms with E-state index in [1.807, 2.05) is 18.2 Å². The Balaban J connectivity index is 1.69. The summed E-state index contributed by atoms with van der Waals surface area (Å²) in [5.41, 5.74) is 1.80. The van der Waals surface area contributed by atoms with Crippen LogP contribution < -0.4 is 15.2 Å². The highest BCUT2D eigenvalue weighted by atomic mass is 32.2. The zero-order chi connectivity index (χ0) is 17.9. The van der Waals surface area contributed by atoms with Crippen LogP contribution in [0.15, 0.2) is 53.7 Å². The first-order valence-corrected chi connectivity index (χ1v) is 9.16. The molecule has 0 saturated carbocycles. The minimum atomic E-state index is -3.66. The number of fused-ring (bicyclic) bond motifs is 1. The zero-order valence-corrected chi connectivity index (χ0v) is 14.5. The van der Waals surface area contributed by atoms with Gasteiger partial charge < -0.3 is 10.1 Å². The third-order valence-corrected chi connectivity index (χ3v) is 4.73. The summed E-state index contributed by atoms with van der Waals surface area (Å²) in [5.74, 6) is 1.49. The van der Waals surface area contributed by atoms with Crippen LogP contribution in [0.4, 0.5) is 5.82 Å². The predicted octanol–water partition coefficient (Wildman–Crippen LogP) is 1.94. The second-order valence-electron chi connectivity index (χ2n) is 5.47. The lowest BCUT2D eigenvalue weighted by atomic mass is 10.1. The molecule has 3 aromatic rings. The van der Waals surface area contributed by atoms with Crippen LogP contribution in [-0.4, -0.2) is 32.0 Å². The molecular weight excluding hydrogens is 340 g/mol. The number of anilines is 1. The Morgan fingerprint density at radius 2 is 1.88 bits per heavy atom. The average molecular weight is 358 g/mol. The summed E-state index contributed by atoms with van der Waals surface area (Å²) in [7, 11) is -2.04. The summed E-state index contributed by atoms with van der Waals surface area (Å²) in [4.78, 5) is 8.64. The summed E-state index contributed by atoms with van der Waals surface area (Å²) < 4.78 is 27.7. The van der Waals surface area contributed by atoms with Gasteiger partial charge in [-0.1, -0.05) is 12.1 Å². The molecule has 0 atom stereocenters. The molecule has 3 rings (SSSR count). The number of benzene rings is 2. The molecule has 0 fully saturated rings. The minimum absolute atomic E-state index is 0.111. The molecule has 0 saturated heterocycles. The van der Waals surface area contributed by atoms with Gasteiger partial charge in [0.1, 0.15) is 17.9 Å². The number of hydrogen-bond acceptors (Lipinski definition) is 6. The SMILES string of the molecule is COc1ccc2c(NCCc3ccc(S(N)(=O)=O)cc3)ncnc2c1. The summed E-state index contributed by atoms with van der Waals surface area (Å²) in [6.07, 6.45) is 2.22. The Morgan fingerprint density at radius 3 is 2.56 bits per heavy atom. The van der Waals surface area contributed by atoms with Crippen molar-refractivity contribution in [1.82, 2.24) is 9.97 Å². The van der Waals surface area contributed by atoms with Crippen LogP contribution in [0.25, 0.3) is 10.9 Å². The highest BCUT2D eigenvalue weighted by molar-refractivity contribution is 7.89. The Morgan fingerprint density at radius 1 is 1.12 bits per heavy atom. The first kappa shape index (κ1) is 17.1. The third kappa shape index (κ3) is 4.04. The highest BCUT2D eigenvalue weighted by Gasteiger charge is 2.07. The second kappa shape index (κ2) is 7.04. The van der Waals surface area contributed by atoms with E-state index in [-0.39, 0.29) is 4.90 Å². The van der Waals surface area contributed by atoms with E-state index in [1.165, 1.54) is 18.5 Å². The molecule has 0 radical (unpaired) electrons. The molecule has 0 amide bonds. The molecule has 8 heteroatoms. The van der Waals surface area contributed by atoms with Crippen molar-refractivity contribution in [3.63, 3.8) is 0 Å². The van der Waals surface area contributed by atoms with E-state index in [4.69, 9.17) is 9.88 Å². The average Bonchev–Trinajstić information content (AvgIpc) is 2.61. The maximum Gasteiger partial charge on any atom is 0.238 e. The number of methoxy groups -OCH3 is 1. The van der Waals surface area contributed by atoms with Gasteiger partial charge in [0, 0.05) is 18.0 Å². The largest absolute Gasteiger partial charge is 0.497 e. The van der Waals surface area contributed by atoms with Crippen molar-refractivity contribution in [2.24, 2.45) is 5.14 Å². The number of nitrogens with one attached hydrogen (secondary N) is 1. The maximum absolute atomic E-state index is 11.3. The van der Waals surface area contributed by atoms with E-state index in [2.05, 4.69) is 15.3 Å². The van der Waals surface area contributed by atoms with Gasteiger partial charge in [-0.15, -0.1) is 0 Å². The molecule has 2 aromatic carbocycles. The number of hydrogen-bond donors (Lipinski definition) is 2. The van der Waals surface area contributed by atoms with E-state index in [1.54, 1.807) is 19.2 Å². The molecule has 0 unspecified atom stereocenters. The lowest BCUT2D eigenvalue weighted by molar-refractivity contribution is 0.415. The highest BCUT2D eigenvalue weighted by Crippen LogP contribution is 2.23. The van der Waals surface area contributed by atoms with Crippen LogP contribution in [0.3, 0.4) is 0 Å². The van der Waals surface area contributed by atoms with Crippen LogP contribution in [0.1, 0.15) is 5.56 Å². The van der Waals surface area contributed by atoms with Gasteiger partial charge in [-0.25, -0.2) is 23.5 Å². The van der Waals surface area contributed by atoms with Crippen molar-refractivity contribution in [3.8, 4) is 5.75 Å². The van der Waals surface area contributed by atoms with Crippen molar-refractivity contribution >= 4 is 26.7 Å². The van der Waals surface area contributed by atoms with Crippen molar-refractivity contribution in [3.05, 3.63) is 54.4 Å². The van der Waals surface area contributed by atoms with Crippen LogP contribution in [0.5, 0.6) is 5.75 Å². The maximum atomic E-state index is 11.3. The molecule has 0 spiro atoms. The van der Waals surface area contributed by atoms with Gasteiger partial charge in [0.15, 0.2) is 0 Å². The van der Waals surface area contributed by atoms with Crippen LogP contribution in [-0.2, 0) is 16.4 Å². The Labute approximate surface area is 145 Å². The lowest BCUT2D eigenvalue weighted by Crippen LogP contribution is -2.12. The van der Waals surface area contributed by atoms with Crippen molar-refractivity contribution in [1.29, 1.82) is 0 Å². The monoisotopic (exact) mass is 358 g/mol. The van der Waals surface area contributed by atoms with E-state index in [0.717, 1.165) is 28.0 Å². The van der Waals surface area contributed by atoms with Crippen molar-refractivity contribution in [2.45, 2.75) is 11.3 Å². The molecule has 7 nitrogen and oxygen atoms in total. The first-order valence-electron chi connectivity index (χ1n) is 7.62.